The van der Waals surface area contributed by atoms with Crippen molar-refractivity contribution in [2.75, 3.05) is 111 Å². The van der Waals surface area contributed by atoms with E-state index in [2.05, 4.69) is 57.0 Å². The number of piperazine rings is 2. The Kier molecular flexibility index (Phi) is 31.5. The molecule has 2 aromatic heterocycles. The van der Waals surface area contributed by atoms with Gasteiger partial charge in [0.05, 0.1) is 67.3 Å². The molecule has 6 aromatic rings. The number of unbranched alkanes of at least 4 members (excludes halogenated alkanes) is 8. The van der Waals surface area contributed by atoms with Crippen molar-refractivity contribution in [1.82, 2.24) is 50.4 Å². The van der Waals surface area contributed by atoms with Gasteiger partial charge in [0, 0.05) is 156 Å². The van der Waals surface area contributed by atoms with E-state index in [1.807, 2.05) is 57.7 Å². The predicted molar refractivity (Wildman–Crippen MR) is 472 cm³/mol. The van der Waals surface area contributed by atoms with E-state index in [1.54, 1.807) is 47.4 Å². The first kappa shape index (κ1) is 97.3. The maximum atomic E-state index is 16.1. The van der Waals surface area contributed by atoms with Crippen LogP contribution in [0.2, 0.25) is 0 Å². The van der Waals surface area contributed by atoms with Crippen molar-refractivity contribution in [2.24, 2.45) is 0 Å². The molecule has 39 heteroatoms. The molecule has 700 valence electrons. The number of alkyl halides is 6. The van der Waals surface area contributed by atoms with Crippen LogP contribution in [0.15, 0.2) is 107 Å². The number of carbonyl (C=O) groups excluding carboxylic acids is 11. The van der Waals surface area contributed by atoms with E-state index >= 15 is 8.78 Å². The summed E-state index contributed by atoms with van der Waals surface area (Å²) in [6.45, 7) is 13.0. The van der Waals surface area contributed by atoms with E-state index in [0.717, 1.165) is 72.9 Å². The predicted octanol–water partition coefficient (Wildman–Crippen LogP) is 11.4. The van der Waals surface area contributed by atoms with Crippen molar-refractivity contribution in [3.63, 3.8) is 0 Å². The molecule has 4 fully saturated rings. The molecule has 10 heterocycles. The number of carbonyl (C=O) groups is 12. The monoisotopic (exact) mass is 1830 g/mol. The second-order valence-corrected chi connectivity index (χ2v) is 34.0. The Morgan fingerprint density at radius 3 is 1.28 bits per heavy atom. The highest BCUT2D eigenvalue weighted by Crippen LogP contribution is 2.42. The van der Waals surface area contributed by atoms with Gasteiger partial charge in [0.1, 0.15) is 23.7 Å². The largest absolute Gasteiger partial charge is 0.481 e. The zero-order valence-electron chi connectivity index (χ0n) is 73.3. The number of piperidine rings is 2. The Morgan fingerprint density at radius 1 is 0.481 bits per heavy atom. The first-order chi connectivity index (χ1) is 62.3. The summed E-state index contributed by atoms with van der Waals surface area (Å²) in [4.78, 5) is 189. The minimum atomic E-state index is -4.98. The van der Waals surface area contributed by atoms with Gasteiger partial charge < -0.3 is 56.4 Å². The van der Waals surface area contributed by atoms with Crippen LogP contribution in [0.4, 0.5) is 69.2 Å². The number of carboxylic acids is 1. The molecule has 2 unspecified atom stereocenters. The molecule has 10 N–H and O–H groups in total. The van der Waals surface area contributed by atoms with Gasteiger partial charge >= 0.3 is 18.3 Å². The van der Waals surface area contributed by atoms with Gasteiger partial charge in [-0.25, -0.2) is 8.78 Å². The molecular weight excluding hydrogens is 1720 g/mol. The molecule has 0 aliphatic carbocycles. The Morgan fingerprint density at radius 2 is 0.893 bits per heavy atom. The Labute approximate surface area is 748 Å². The molecule has 4 aromatic carbocycles. The zero-order chi connectivity index (χ0) is 94.6. The van der Waals surface area contributed by atoms with Crippen molar-refractivity contribution in [3.05, 3.63) is 185 Å². The summed E-state index contributed by atoms with van der Waals surface area (Å²) in [7, 11) is 3.97. The first-order valence-electron chi connectivity index (χ1n) is 43.9. The van der Waals surface area contributed by atoms with E-state index in [1.165, 1.54) is 24.3 Å². The van der Waals surface area contributed by atoms with Gasteiger partial charge in [-0.2, -0.15) is 26.3 Å². The fourth-order valence-corrected chi connectivity index (χ4v) is 17.5. The molecule has 6 atom stereocenters. The molecule has 0 saturated carbocycles. The third kappa shape index (κ3) is 23.2. The number of pyridine rings is 2. The highest BCUT2D eigenvalue weighted by atomic mass is 19.4. The van der Waals surface area contributed by atoms with E-state index in [9.17, 15) is 93.5 Å². The number of fused-ring (bicyclic) bond motifs is 2. The number of likely N-dealkylation sites (N-methyl/N-ethyl adjacent to an activating group) is 2. The van der Waals surface area contributed by atoms with E-state index < -0.39 is 134 Å². The summed E-state index contributed by atoms with van der Waals surface area (Å²) >= 11 is 0. The topological polar surface area (TPSA) is 398 Å². The summed E-state index contributed by atoms with van der Waals surface area (Å²) < 4.78 is 114. The standard InChI is InChI=1S/C46H52F4N8O7.C25H29F4N5O2.C21H25N3O6/c1-26-24-57(25-27(2)55(26)3)37-22-33(47)30(20-35(37)53-42(62)31-23-52-39(60)21-32(31)46(48,49)50)28-15-18-56(19-16-28)40(61)12-7-5-4-6-8-17-51-34-11-9-10-29-41(34)45(65)58(44(29)64)36-13-14-38(59)54-43(36)63;1-14-12-34(13-15(2)33(14)3)22-10-20(26)17(16-4-6-30-7-5-16)8-21(22)32-24(36)18-11-31-23(35)9-19(18)25(27,28)29;25-16-11-10-15(19(28)23-16)24-20(29)13-7-6-8-14(18(13)21(24)30)22-12-5-3-1-2-4-9-17(26)27/h9-11,15,20-23,26-27,36,51H,4-8,12-14,16-19,24-25H2,1-3H3,(H,52,60)(H,53,62)(H,54,59,63);4,8-11,14-15,30H,5-7,12-13H2,1-3H3,(H,31,35)(H,32,36);6-8,15,22H,1-5,9-12H2,(H,26,27)(H,23,25,28)/t26-,27+,36?;14-,15+;. The molecule has 14 rings (SSSR count). The van der Waals surface area contributed by atoms with Crippen LogP contribution in [0.3, 0.4) is 0 Å². The van der Waals surface area contributed by atoms with Gasteiger partial charge in [-0.1, -0.05) is 62.8 Å². The van der Waals surface area contributed by atoms with Gasteiger partial charge in [0.15, 0.2) is 0 Å². The quantitative estimate of drug-likeness (QED) is 0.0124. The third-order valence-electron chi connectivity index (χ3n) is 25.0. The van der Waals surface area contributed by atoms with Gasteiger partial charge in [-0.05, 0) is 159 Å². The second-order valence-electron chi connectivity index (χ2n) is 34.0. The average Bonchev–Trinajstić information content (AvgIpc) is 1.65. The number of H-pyrrole nitrogens is 2. The zero-order valence-corrected chi connectivity index (χ0v) is 73.3. The SMILES string of the molecule is C[C@@H]1CN(c2cc(F)c(C3=CCN(C(=O)CCCCCCCNc4cccc5c4C(=O)N(C4CCC(=O)NC4=O)C5=O)CC3)cc2NC(=O)c2c[nH]c(=O)cc2C(F)(F)F)C[C@H](C)N1C.C[C@@H]1CN(c2cc(F)c(C3=CCNCC3)cc2NC(=O)c2c[nH]c(=O)cc2C(F)(F)F)C[C@H](C)N1C.O=C(O)CCCCCCCNc1cccc2c1C(=O)N(C1CCC(=O)NC1=O)C2=O. The minimum Gasteiger partial charge on any atom is -0.481 e. The van der Waals surface area contributed by atoms with Crippen LogP contribution in [0.1, 0.15) is 228 Å². The molecule has 0 radical (unpaired) electrons. The van der Waals surface area contributed by atoms with E-state index in [4.69, 9.17) is 5.11 Å². The molecule has 0 spiro atoms. The number of amides is 11. The number of carboxylic acid groups (broad SMARTS) is 1. The van der Waals surface area contributed by atoms with E-state index in [0.29, 0.717) is 143 Å². The first-order valence-corrected chi connectivity index (χ1v) is 43.9. The highest BCUT2D eigenvalue weighted by molar-refractivity contribution is 6.27. The number of rotatable bonds is 28. The Balaban J connectivity index is 0.000000197. The van der Waals surface area contributed by atoms with Crippen molar-refractivity contribution < 1.29 is 97.8 Å². The molecular formula is C92H106F8N16O15. The summed E-state index contributed by atoms with van der Waals surface area (Å²) in [5.41, 5.74) is -1.46. The van der Waals surface area contributed by atoms with Crippen molar-refractivity contribution in [2.45, 2.75) is 192 Å². The maximum Gasteiger partial charge on any atom is 0.417 e. The number of nitrogens with zero attached hydrogens (tertiary/aromatic N) is 7. The molecule has 0 bridgehead atoms. The fraction of sp³-hybridized carbons (Fsp3) is 0.457. The maximum absolute atomic E-state index is 16.1. The third-order valence-corrected chi connectivity index (χ3v) is 25.0. The van der Waals surface area contributed by atoms with Crippen LogP contribution in [0, 0.1) is 11.6 Å². The number of anilines is 6. The normalized spacial score (nSPS) is 20.2. The number of benzene rings is 4. The summed E-state index contributed by atoms with van der Waals surface area (Å²) in [6, 6.07) is 14.5. The number of hydrogen-bond acceptors (Lipinski definition) is 21. The van der Waals surface area contributed by atoms with Crippen LogP contribution in [0.25, 0.3) is 11.1 Å². The molecule has 31 nitrogen and oxygen atoms in total. The summed E-state index contributed by atoms with van der Waals surface area (Å²) in [5.74, 6) is -8.37. The second kappa shape index (κ2) is 42.4. The van der Waals surface area contributed by atoms with Crippen LogP contribution < -0.4 is 58.1 Å². The van der Waals surface area contributed by atoms with Crippen LogP contribution >= 0.6 is 0 Å². The summed E-state index contributed by atoms with van der Waals surface area (Å²) in [6.07, 6.45) is 5.05. The number of aromatic nitrogens is 2. The van der Waals surface area contributed by atoms with Crippen molar-refractivity contribution in [3.8, 4) is 0 Å². The van der Waals surface area contributed by atoms with Gasteiger partial charge in [-0.3, -0.25) is 97.4 Å². The molecule has 4 saturated heterocycles. The molecule has 131 heavy (non-hydrogen) atoms. The lowest BCUT2D eigenvalue weighted by molar-refractivity contribution is -0.138. The van der Waals surface area contributed by atoms with Crippen LogP contribution in [-0.2, 0) is 41.1 Å². The number of halogens is 8. The molecule has 8 aliphatic rings. The van der Waals surface area contributed by atoms with Gasteiger partial charge in [0.25, 0.3) is 35.4 Å². The number of aliphatic carboxylic acids is 1. The smallest absolute Gasteiger partial charge is 0.417 e. The highest BCUT2D eigenvalue weighted by Gasteiger charge is 2.48. The lowest BCUT2D eigenvalue weighted by atomic mass is 9.96. The number of aromatic amines is 2. The fourth-order valence-electron chi connectivity index (χ4n) is 17.5. The summed E-state index contributed by atoms with van der Waals surface area (Å²) in [5, 5.41) is 27.8. The lowest BCUT2D eigenvalue weighted by Gasteiger charge is -2.44. The van der Waals surface area contributed by atoms with Gasteiger partial charge in [0.2, 0.25) is 40.7 Å². The van der Waals surface area contributed by atoms with Crippen molar-refractivity contribution >= 4 is 116 Å². The van der Waals surface area contributed by atoms with Crippen LogP contribution in [0.5, 0.6) is 0 Å². The Bertz CT molecular complexity index is 5590. The van der Waals surface area contributed by atoms with Crippen LogP contribution in [-0.4, -0.2) is 226 Å². The Hall–Kier alpha value is -12.8. The van der Waals surface area contributed by atoms with Crippen molar-refractivity contribution in [1.29, 1.82) is 0 Å². The average molecular weight is 1830 g/mol. The van der Waals surface area contributed by atoms with E-state index in [-0.39, 0.29) is 108 Å². The number of nitrogens with one attached hydrogen (secondary N) is 9. The minimum absolute atomic E-state index is 0.0359. The van der Waals surface area contributed by atoms with Gasteiger partial charge in [-0.15, -0.1) is 0 Å². The number of hydrogen-bond donors (Lipinski definition) is 10. The molecule has 8 aliphatic heterocycles. The lowest BCUT2D eigenvalue weighted by Crippen LogP contribution is -2.55. The molecule has 11 amide bonds. The number of imide groups is 4.